The van der Waals surface area contributed by atoms with Crippen LogP contribution >= 0.6 is 0 Å². The summed E-state index contributed by atoms with van der Waals surface area (Å²) >= 11 is 0. The molecule has 1 amide bonds. The lowest BCUT2D eigenvalue weighted by Crippen LogP contribution is -2.40. The molecule has 2 saturated carbocycles. The number of carbonyl (C=O) groups is 1. The molecule has 0 spiro atoms. The first-order valence-electron chi connectivity index (χ1n) is 7.81. The lowest BCUT2D eigenvalue weighted by atomic mass is 9.79. The Morgan fingerprint density at radius 2 is 1.80 bits per heavy atom. The number of hydrogen-bond acceptors (Lipinski definition) is 3. The van der Waals surface area contributed by atoms with Gasteiger partial charge in [-0.2, -0.15) is 0 Å². The first-order chi connectivity index (χ1) is 9.37. The van der Waals surface area contributed by atoms with Crippen LogP contribution in [0.4, 0.5) is 4.79 Å². The summed E-state index contributed by atoms with van der Waals surface area (Å²) in [6.07, 6.45) is 4.09. The van der Waals surface area contributed by atoms with Gasteiger partial charge in [-0.15, -0.1) is 0 Å². The largest absolute Gasteiger partial charge is 0.444 e. The number of hydrogen-bond donors (Lipinski definition) is 1. The summed E-state index contributed by atoms with van der Waals surface area (Å²) in [7, 11) is 1.00. The Kier molecular flexibility index (Phi) is 4.33. The first-order valence-corrected chi connectivity index (χ1v) is 7.81. The zero-order valence-electron chi connectivity index (χ0n) is 13.4. The van der Waals surface area contributed by atoms with Gasteiger partial charge in [0.05, 0.1) is 0 Å². The van der Waals surface area contributed by atoms with E-state index in [2.05, 4.69) is 6.92 Å². The molecule has 4 nitrogen and oxygen atoms in total. The number of aliphatic hydroxyl groups excluding tert-OH is 1. The number of nitrogens with zero attached hydrogens (tertiary/aromatic N) is 1. The van der Waals surface area contributed by atoms with Crippen LogP contribution in [0.1, 0.15) is 47.0 Å². The zero-order valence-corrected chi connectivity index (χ0v) is 13.4. The van der Waals surface area contributed by atoms with Crippen LogP contribution < -0.4 is 0 Å². The fourth-order valence-electron chi connectivity index (χ4n) is 4.64. The predicted octanol–water partition coefficient (Wildman–Crippen LogP) is 2.90. The zero-order chi connectivity index (χ0) is 15.1. The summed E-state index contributed by atoms with van der Waals surface area (Å²) in [6, 6.07) is 0.375. The van der Waals surface area contributed by atoms with Crippen LogP contribution in [0.2, 0.25) is 0 Å². The van der Waals surface area contributed by atoms with Crippen LogP contribution in [-0.4, -0.2) is 41.4 Å². The molecule has 2 bridgehead atoms. The quantitative estimate of drug-likeness (QED) is 0.743. The maximum atomic E-state index is 12.2. The number of fused-ring (bicyclic) bond motifs is 5. The van der Waals surface area contributed by atoms with Crippen LogP contribution in [0.25, 0.3) is 0 Å². The summed E-state index contributed by atoms with van der Waals surface area (Å²) in [4.78, 5) is 14.2. The fraction of sp³-hybridized carbons (Fsp3) is 0.938. The topological polar surface area (TPSA) is 49.8 Å². The maximum absolute atomic E-state index is 12.2. The van der Waals surface area contributed by atoms with E-state index in [1.807, 2.05) is 25.7 Å². The molecule has 20 heavy (non-hydrogen) atoms. The lowest BCUT2D eigenvalue weighted by Gasteiger charge is -2.30. The van der Waals surface area contributed by atoms with Gasteiger partial charge in [0, 0.05) is 19.7 Å². The van der Waals surface area contributed by atoms with Gasteiger partial charge in [-0.25, -0.2) is 4.79 Å². The van der Waals surface area contributed by atoms with Gasteiger partial charge in [0.2, 0.25) is 0 Å². The van der Waals surface area contributed by atoms with E-state index >= 15 is 0 Å². The van der Waals surface area contributed by atoms with E-state index in [0.717, 1.165) is 37.3 Å². The van der Waals surface area contributed by atoms with Crippen molar-refractivity contribution in [2.45, 2.75) is 58.6 Å². The number of rotatable bonds is 0. The average molecular weight is 283 g/mol. The highest BCUT2D eigenvalue weighted by molar-refractivity contribution is 5.69. The second-order valence-electron chi connectivity index (χ2n) is 7.45. The third-order valence-corrected chi connectivity index (χ3v) is 5.24. The molecule has 3 fully saturated rings. The Morgan fingerprint density at radius 3 is 2.35 bits per heavy atom. The molecule has 1 heterocycles. The maximum Gasteiger partial charge on any atom is 0.410 e. The van der Waals surface area contributed by atoms with E-state index in [9.17, 15) is 4.79 Å². The van der Waals surface area contributed by atoms with Crippen molar-refractivity contribution in [1.29, 1.82) is 0 Å². The standard InChI is InChI=1S/C15H25NO2.CH4O/c1-9-13-11-6-5-10(7-11)12(13)8-16(9)14(17)18-15(2,3)4;1-2/h9-13H,5-8H2,1-4H3;2H,1H3. The molecule has 5 atom stereocenters. The van der Waals surface area contributed by atoms with Crippen molar-refractivity contribution in [3.05, 3.63) is 0 Å². The molecule has 116 valence electrons. The monoisotopic (exact) mass is 283 g/mol. The molecule has 1 saturated heterocycles. The van der Waals surface area contributed by atoms with Crippen molar-refractivity contribution in [3.8, 4) is 0 Å². The van der Waals surface area contributed by atoms with E-state index < -0.39 is 0 Å². The Hall–Kier alpha value is -0.770. The highest BCUT2D eigenvalue weighted by Crippen LogP contribution is 2.57. The van der Waals surface area contributed by atoms with Crippen LogP contribution in [0.15, 0.2) is 0 Å². The smallest absolute Gasteiger partial charge is 0.410 e. The number of ether oxygens (including phenoxy) is 1. The second kappa shape index (κ2) is 5.55. The van der Waals surface area contributed by atoms with Crippen molar-refractivity contribution in [1.82, 2.24) is 4.90 Å². The molecule has 0 aromatic rings. The molecule has 2 aliphatic carbocycles. The highest BCUT2D eigenvalue weighted by Gasteiger charge is 2.56. The Balaban J connectivity index is 0.000000704. The number of carbonyl (C=O) groups excluding carboxylic acids is 1. The third kappa shape index (κ3) is 2.67. The van der Waals surface area contributed by atoms with Gasteiger partial charge >= 0.3 is 6.09 Å². The summed E-state index contributed by atoms with van der Waals surface area (Å²) in [6.45, 7) is 8.97. The number of likely N-dealkylation sites (tertiary alicyclic amines) is 1. The molecule has 1 aliphatic heterocycles. The van der Waals surface area contributed by atoms with Crippen LogP contribution in [-0.2, 0) is 4.74 Å². The van der Waals surface area contributed by atoms with Gasteiger partial charge in [-0.3, -0.25) is 0 Å². The molecular weight excluding hydrogens is 254 g/mol. The van der Waals surface area contributed by atoms with Gasteiger partial charge in [0.25, 0.3) is 0 Å². The molecule has 0 aromatic carbocycles. The average Bonchev–Trinajstić information content (AvgIpc) is 3.02. The molecule has 0 aromatic heterocycles. The molecule has 1 N–H and O–H groups in total. The van der Waals surface area contributed by atoms with Crippen molar-refractivity contribution in [2.75, 3.05) is 13.7 Å². The van der Waals surface area contributed by atoms with E-state index in [1.165, 1.54) is 19.3 Å². The van der Waals surface area contributed by atoms with E-state index in [0.29, 0.717) is 6.04 Å². The Labute approximate surface area is 122 Å². The van der Waals surface area contributed by atoms with Crippen molar-refractivity contribution >= 4 is 6.09 Å². The predicted molar refractivity (Wildman–Crippen MR) is 78.4 cm³/mol. The summed E-state index contributed by atoms with van der Waals surface area (Å²) in [5, 5.41) is 7.00. The molecule has 3 aliphatic rings. The summed E-state index contributed by atoms with van der Waals surface area (Å²) < 4.78 is 5.54. The lowest BCUT2D eigenvalue weighted by molar-refractivity contribution is 0.0208. The Bertz CT molecular complexity index is 363. The number of aliphatic hydroxyl groups is 1. The molecule has 5 unspecified atom stereocenters. The van der Waals surface area contributed by atoms with Crippen molar-refractivity contribution < 1.29 is 14.6 Å². The molecule has 4 heteroatoms. The van der Waals surface area contributed by atoms with Gasteiger partial charge in [0.1, 0.15) is 5.60 Å². The minimum atomic E-state index is -0.381. The number of amides is 1. The second-order valence-corrected chi connectivity index (χ2v) is 7.45. The van der Waals surface area contributed by atoms with Gasteiger partial charge in [-0.05, 0) is 70.6 Å². The Morgan fingerprint density at radius 1 is 1.20 bits per heavy atom. The van der Waals surface area contributed by atoms with Crippen molar-refractivity contribution in [3.63, 3.8) is 0 Å². The van der Waals surface area contributed by atoms with Crippen LogP contribution in [0, 0.1) is 23.7 Å². The SMILES string of the molecule is CC1C2C3CCC(C3)C2CN1C(=O)OC(C)(C)C.CO. The molecule has 3 rings (SSSR count). The van der Waals surface area contributed by atoms with Crippen LogP contribution in [0.3, 0.4) is 0 Å². The molecule has 0 radical (unpaired) electrons. The minimum absolute atomic E-state index is 0.108. The first kappa shape index (κ1) is 15.6. The van der Waals surface area contributed by atoms with Gasteiger partial charge in [-0.1, -0.05) is 0 Å². The van der Waals surface area contributed by atoms with E-state index in [-0.39, 0.29) is 11.7 Å². The summed E-state index contributed by atoms with van der Waals surface area (Å²) in [5.74, 6) is 3.26. The van der Waals surface area contributed by atoms with E-state index in [1.54, 1.807) is 0 Å². The van der Waals surface area contributed by atoms with Crippen molar-refractivity contribution in [2.24, 2.45) is 23.7 Å². The summed E-state index contributed by atoms with van der Waals surface area (Å²) in [5.41, 5.74) is -0.381. The third-order valence-electron chi connectivity index (χ3n) is 5.24. The van der Waals surface area contributed by atoms with Crippen LogP contribution in [0.5, 0.6) is 0 Å². The fourth-order valence-corrected chi connectivity index (χ4v) is 4.64. The van der Waals surface area contributed by atoms with Gasteiger partial charge in [0.15, 0.2) is 0 Å². The minimum Gasteiger partial charge on any atom is -0.444 e. The van der Waals surface area contributed by atoms with E-state index in [4.69, 9.17) is 9.84 Å². The highest BCUT2D eigenvalue weighted by atomic mass is 16.6. The normalized spacial score (nSPS) is 38.3. The molecular formula is C16H29NO3. The van der Waals surface area contributed by atoms with Gasteiger partial charge < -0.3 is 14.7 Å².